The molecule has 0 radical (unpaired) electrons. The number of hydrogen-bond acceptors (Lipinski definition) is 2. The van der Waals surface area contributed by atoms with Gasteiger partial charge in [0.25, 0.3) is 0 Å². The van der Waals surface area contributed by atoms with Gasteiger partial charge in [0.1, 0.15) is 0 Å². The fourth-order valence-corrected chi connectivity index (χ4v) is 2.15. The highest BCUT2D eigenvalue weighted by molar-refractivity contribution is 9.10. The summed E-state index contributed by atoms with van der Waals surface area (Å²) in [6, 6.07) is 6.12. The van der Waals surface area contributed by atoms with Gasteiger partial charge in [0.2, 0.25) is 0 Å². The molecule has 0 aliphatic carbocycles. The van der Waals surface area contributed by atoms with Crippen LogP contribution in [0.15, 0.2) is 22.7 Å². The molecule has 0 aliphatic rings. The Hall–Kier alpha value is -0.540. The van der Waals surface area contributed by atoms with E-state index in [1.54, 1.807) is 0 Å². The highest BCUT2D eigenvalue weighted by Crippen LogP contribution is 2.20. The number of benzene rings is 1. The van der Waals surface area contributed by atoms with Crippen molar-refractivity contribution < 1.29 is 0 Å². The van der Waals surface area contributed by atoms with Crippen molar-refractivity contribution in [1.82, 2.24) is 4.90 Å². The zero-order chi connectivity index (χ0) is 12.1. The van der Waals surface area contributed by atoms with Crippen LogP contribution < -0.4 is 5.73 Å². The van der Waals surface area contributed by atoms with Gasteiger partial charge in [-0.05, 0) is 30.2 Å². The molecular weight excluding hydrogens is 264 g/mol. The van der Waals surface area contributed by atoms with Crippen molar-refractivity contribution >= 4 is 21.6 Å². The van der Waals surface area contributed by atoms with Crippen LogP contribution in [0.2, 0.25) is 0 Å². The van der Waals surface area contributed by atoms with Crippen LogP contribution in [-0.2, 0) is 6.54 Å². The first-order valence-electron chi connectivity index (χ1n) is 5.79. The second kappa shape index (κ2) is 6.26. The quantitative estimate of drug-likeness (QED) is 0.839. The smallest absolute Gasteiger partial charge is 0.0371 e. The first-order chi connectivity index (χ1) is 7.52. The molecule has 0 aliphatic heterocycles. The van der Waals surface area contributed by atoms with Crippen LogP contribution in [-0.4, -0.2) is 18.0 Å². The van der Waals surface area contributed by atoms with Gasteiger partial charge in [-0.3, -0.25) is 4.90 Å². The van der Waals surface area contributed by atoms with Crippen LogP contribution in [0.4, 0.5) is 5.69 Å². The average molecular weight is 285 g/mol. The molecule has 0 heterocycles. The van der Waals surface area contributed by atoms with E-state index < -0.39 is 0 Å². The average Bonchev–Trinajstić information content (AvgIpc) is 2.20. The van der Waals surface area contributed by atoms with E-state index >= 15 is 0 Å². The molecule has 2 nitrogen and oxygen atoms in total. The fourth-order valence-electron chi connectivity index (χ4n) is 1.77. The van der Waals surface area contributed by atoms with Crippen molar-refractivity contribution in [2.75, 3.05) is 18.8 Å². The molecule has 1 aromatic rings. The Morgan fingerprint density at radius 3 is 2.56 bits per heavy atom. The molecule has 0 saturated heterocycles. The predicted octanol–water partition coefficient (Wildman–Crippen LogP) is 3.51. The third kappa shape index (κ3) is 4.14. The van der Waals surface area contributed by atoms with Gasteiger partial charge in [-0.1, -0.05) is 42.8 Å². The van der Waals surface area contributed by atoms with E-state index in [1.807, 2.05) is 6.07 Å². The van der Waals surface area contributed by atoms with E-state index in [1.165, 1.54) is 5.56 Å². The third-order valence-corrected chi connectivity index (χ3v) is 3.07. The maximum absolute atomic E-state index is 6.00. The Kier molecular flexibility index (Phi) is 5.29. The Morgan fingerprint density at radius 2 is 2.06 bits per heavy atom. The lowest BCUT2D eigenvalue weighted by Gasteiger charge is -2.23. The molecule has 1 aromatic carbocycles. The lowest BCUT2D eigenvalue weighted by molar-refractivity contribution is 0.249. The molecule has 2 N–H and O–H groups in total. The summed E-state index contributed by atoms with van der Waals surface area (Å²) in [7, 11) is 0. The van der Waals surface area contributed by atoms with Gasteiger partial charge in [-0.25, -0.2) is 0 Å². The van der Waals surface area contributed by atoms with E-state index in [-0.39, 0.29) is 0 Å². The number of nitrogens with two attached hydrogens (primary N) is 1. The molecular formula is C13H21BrN2. The van der Waals surface area contributed by atoms with Crippen molar-refractivity contribution in [1.29, 1.82) is 0 Å². The summed E-state index contributed by atoms with van der Waals surface area (Å²) < 4.78 is 1.04. The van der Waals surface area contributed by atoms with Crippen LogP contribution in [0.5, 0.6) is 0 Å². The Morgan fingerprint density at radius 1 is 1.38 bits per heavy atom. The summed E-state index contributed by atoms with van der Waals surface area (Å²) in [6.45, 7) is 9.80. The minimum Gasteiger partial charge on any atom is -0.398 e. The summed E-state index contributed by atoms with van der Waals surface area (Å²) in [4.78, 5) is 2.42. The number of rotatable bonds is 5. The van der Waals surface area contributed by atoms with Crippen LogP contribution >= 0.6 is 15.9 Å². The zero-order valence-corrected chi connectivity index (χ0v) is 11.9. The molecule has 3 heteroatoms. The SMILES string of the molecule is CCN(Cc1ccc(Br)cc1N)CC(C)C. The molecule has 16 heavy (non-hydrogen) atoms. The molecule has 0 unspecified atom stereocenters. The summed E-state index contributed by atoms with van der Waals surface area (Å²) in [5, 5.41) is 0. The molecule has 0 atom stereocenters. The Bertz CT molecular complexity index is 337. The number of nitrogens with zero attached hydrogens (tertiary/aromatic N) is 1. The maximum atomic E-state index is 6.00. The van der Waals surface area contributed by atoms with Crippen LogP contribution in [0.1, 0.15) is 26.3 Å². The topological polar surface area (TPSA) is 29.3 Å². The number of anilines is 1. The standard InChI is InChI=1S/C13H21BrN2/c1-4-16(8-10(2)3)9-11-5-6-12(14)7-13(11)15/h5-7,10H,4,8-9,15H2,1-3H3. The maximum Gasteiger partial charge on any atom is 0.0371 e. The molecule has 0 fully saturated rings. The zero-order valence-electron chi connectivity index (χ0n) is 10.3. The van der Waals surface area contributed by atoms with Crippen LogP contribution in [0.25, 0.3) is 0 Å². The van der Waals surface area contributed by atoms with Crippen molar-refractivity contribution in [3.05, 3.63) is 28.2 Å². The Balaban J connectivity index is 2.70. The first kappa shape index (κ1) is 13.5. The van der Waals surface area contributed by atoms with E-state index in [0.29, 0.717) is 5.92 Å². The second-order valence-corrected chi connectivity index (χ2v) is 5.48. The van der Waals surface area contributed by atoms with Gasteiger partial charge in [0, 0.05) is 23.2 Å². The van der Waals surface area contributed by atoms with Gasteiger partial charge in [0.05, 0.1) is 0 Å². The van der Waals surface area contributed by atoms with Crippen LogP contribution in [0, 0.1) is 5.92 Å². The fraction of sp³-hybridized carbons (Fsp3) is 0.538. The highest BCUT2D eigenvalue weighted by atomic mass is 79.9. The number of halogens is 1. The highest BCUT2D eigenvalue weighted by Gasteiger charge is 2.08. The number of nitrogen functional groups attached to an aromatic ring is 1. The summed E-state index contributed by atoms with van der Waals surface area (Å²) in [6.07, 6.45) is 0. The van der Waals surface area contributed by atoms with Gasteiger partial charge in [-0.2, -0.15) is 0 Å². The lowest BCUT2D eigenvalue weighted by atomic mass is 10.1. The third-order valence-electron chi connectivity index (χ3n) is 2.57. The molecule has 0 bridgehead atoms. The van der Waals surface area contributed by atoms with Crippen molar-refractivity contribution in [2.45, 2.75) is 27.3 Å². The Labute approximate surface area is 107 Å². The normalized spacial score (nSPS) is 11.4. The molecule has 0 spiro atoms. The predicted molar refractivity (Wildman–Crippen MR) is 74.3 cm³/mol. The van der Waals surface area contributed by atoms with E-state index in [4.69, 9.17) is 5.73 Å². The largest absolute Gasteiger partial charge is 0.398 e. The minimum atomic E-state index is 0.691. The van der Waals surface area contributed by atoms with E-state index in [2.05, 4.69) is 53.7 Å². The van der Waals surface area contributed by atoms with Crippen molar-refractivity contribution in [3.63, 3.8) is 0 Å². The summed E-state index contributed by atoms with van der Waals surface area (Å²) in [5.41, 5.74) is 8.08. The molecule has 0 aromatic heterocycles. The molecule has 0 saturated carbocycles. The van der Waals surface area contributed by atoms with Gasteiger partial charge in [0.15, 0.2) is 0 Å². The molecule has 0 amide bonds. The lowest BCUT2D eigenvalue weighted by Crippen LogP contribution is -2.27. The number of hydrogen-bond donors (Lipinski definition) is 1. The van der Waals surface area contributed by atoms with E-state index in [9.17, 15) is 0 Å². The van der Waals surface area contributed by atoms with E-state index in [0.717, 1.165) is 29.8 Å². The van der Waals surface area contributed by atoms with Crippen LogP contribution in [0.3, 0.4) is 0 Å². The van der Waals surface area contributed by atoms with Crippen molar-refractivity contribution in [3.8, 4) is 0 Å². The van der Waals surface area contributed by atoms with Gasteiger partial charge >= 0.3 is 0 Å². The summed E-state index contributed by atoms with van der Waals surface area (Å²) in [5.74, 6) is 0.691. The van der Waals surface area contributed by atoms with Gasteiger partial charge in [-0.15, -0.1) is 0 Å². The first-order valence-corrected chi connectivity index (χ1v) is 6.58. The monoisotopic (exact) mass is 284 g/mol. The van der Waals surface area contributed by atoms with Gasteiger partial charge < -0.3 is 5.73 Å². The second-order valence-electron chi connectivity index (χ2n) is 4.56. The van der Waals surface area contributed by atoms with Crippen molar-refractivity contribution in [2.24, 2.45) is 5.92 Å². The summed E-state index contributed by atoms with van der Waals surface area (Å²) >= 11 is 3.43. The minimum absolute atomic E-state index is 0.691. The molecule has 1 rings (SSSR count). The molecule has 90 valence electrons.